The number of anilines is 1. The van der Waals surface area contributed by atoms with Gasteiger partial charge in [0.2, 0.25) is 11.8 Å². The number of hydrogen-bond acceptors (Lipinski definition) is 3. The number of hydrogen-bond donors (Lipinski definition) is 1. The van der Waals surface area contributed by atoms with Gasteiger partial charge in [-0.2, -0.15) is 0 Å². The van der Waals surface area contributed by atoms with Gasteiger partial charge in [-0.25, -0.2) is 4.98 Å². The largest absolute Gasteiger partial charge is 0.345 e. The van der Waals surface area contributed by atoms with E-state index in [9.17, 15) is 9.59 Å². The van der Waals surface area contributed by atoms with Crippen molar-refractivity contribution in [3.63, 3.8) is 0 Å². The number of pyridine rings is 1. The van der Waals surface area contributed by atoms with Crippen LogP contribution in [0.25, 0.3) is 17.3 Å². The number of amides is 2. The lowest BCUT2D eigenvalue weighted by Crippen LogP contribution is -2.38. The lowest BCUT2D eigenvalue weighted by Gasteiger charge is -2.32. The maximum Gasteiger partial charge on any atom is 0.246 e. The number of fused-ring (bicyclic) bond motifs is 1. The molecule has 1 N–H and O–H groups in total. The molecule has 2 amide bonds. The zero-order chi connectivity index (χ0) is 23.5. The predicted molar refractivity (Wildman–Crippen MR) is 134 cm³/mol. The number of carbonyl (C=O) groups excluding carboxylic acids is 2. The molecule has 1 aromatic carbocycles. The third kappa shape index (κ3) is 4.81. The topological polar surface area (TPSA) is 67.2 Å². The Morgan fingerprint density at radius 3 is 2.71 bits per heavy atom. The number of aryl methyl sites for hydroxylation is 2. The summed E-state index contributed by atoms with van der Waals surface area (Å²) in [6.07, 6.45) is 8.35. The second kappa shape index (κ2) is 9.67. The number of nitrogens with one attached hydrogen (secondary N) is 1. The highest BCUT2D eigenvalue weighted by Crippen LogP contribution is 2.27. The molecule has 0 radical (unpaired) electrons. The minimum absolute atomic E-state index is 0.00472. The summed E-state index contributed by atoms with van der Waals surface area (Å²) in [4.78, 5) is 30.5. The number of nitrogens with zero attached hydrogens (tertiary/aromatic N) is 3. The molecule has 0 aliphatic carbocycles. The first kappa shape index (κ1) is 22.1. The lowest BCUT2D eigenvalue weighted by atomic mass is 9.96. The van der Waals surface area contributed by atoms with Crippen LogP contribution in [-0.4, -0.2) is 39.4 Å². The zero-order valence-corrected chi connectivity index (χ0v) is 19.5. The molecule has 0 bridgehead atoms. The van der Waals surface area contributed by atoms with Crippen LogP contribution < -0.4 is 5.32 Å². The fourth-order valence-corrected chi connectivity index (χ4v) is 4.91. The molecule has 3 aromatic rings. The van der Waals surface area contributed by atoms with Gasteiger partial charge in [-0.1, -0.05) is 30.3 Å². The van der Waals surface area contributed by atoms with E-state index < -0.39 is 0 Å². The van der Waals surface area contributed by atoms with Crippen molar-refractivity contribution >= 4 is 23.7 Å². The predicted octanol–water partition coefficient (Wildman–Crippen LogP) is 4.70. The van der Waals surface area contributed by atoms with Crippen molar-refractivity contribution in [2.45, 2.75) is 39.2 Å². The third-order valence-electron chi connectivity index (χ3n) is 6.92. The quantitative estimate of drug-likeness (QED) is 0.569. The number of likely N-dealkylation sites (tertiary alicyclic amines) is 1. The molecule has 6 nitrogen and oxygen atoms in total. The molecule has 2 aliphatic heterocycles. The first-order valence-electron chi connectivity index (χ1n) is 12.0. The summed E-state index contributed by atoms with van der Waals surface area (Å²) in [5.41, 5.74) is 5.68. The van der Waals surface area contributed by atoms with E-state index in [4.69, 9.17) is 0 Å². The summed E-state index contributed by atoms with van der Waals surface area (Å²) in [6, 6.07) is 16.9. The first-order valence-corrected chi connectivity index (χ1v) is 12.0. The van der Waals surface area contributed by atoms with Gasteiger partial charge in [-0.3, -0.25) is 9.59 Å². The van der Waals surface area contributed by atoms with Crippen molar-refractivity contribution < 1.29 is 9.59 Å². The Labute approximate surface area is 200 Å². The lowest BCUT2D eigenvalue weighted by molar-refractivity contribution is -0.127. The number of carbonyl (C=O) groups is 2. The standard InChI is InChI=1S/C28H30N4O2/c1-20-7-10-25(23-5-3-2-4-6-23)32(20)19-21-13-15-31(16-14-21)27(34)12-8-22-17-24-9-11-26(33)30-28(24)29-18-22/h2-8,10,12,17-18,21H,9,11,13-16,19H2,1H3,(H,29,30,33). The van der Waals surface area contributed by atoms with Crippen molar-refractivity contribution in [3.8, 4) is 11.3 Å². The molecular weight excluding hydrogens is 424 g/mol. The molecule has 174 valence electrons. The fraction of sp³-hybridized carbons (Fsp3) is 0.321. The maximum atomic E-state index is 12.8. The van der Waals surface area contributed by atoms with E-state index in [-0.39, 0.29) is 11.8 Å². The number of piperidine rings is 1. The number of aromatic nitrogens is 2. The van der Waals surface area contributed by atoms with Gasteiger partial charge in [0.15, 0.2) is 0 Å². The van der Waals surface area contributed by atoms with Crippen molar-refractivity contribution in [1.82, 2.24) is 14.5 Å². The minimum Gasteiger partial charge on any atom is -0.345 e. The Balaban J connectivity index is 1.17. The van der Waals surface area contributed by atoms with Gasteiger partial charge in [0.1, 0.15) is 5.82 Å². The second-order valence-electron chi connectivity index (χ2n) is 9.26. The van der Waals surface area contributed by atoms with Crippen LogP contribution in [0, 0.1) is 12.8 Å². The van der Waals surface area contributed by atoms with Crippen LogP contribution in [0.5, 0.6) is 0 Å². The van der Waals surface area contributed by atoms with Gasteiger partial charge in [-0.15, -0.1) is 0 Å². The van der Waals surface area contributed by atoms with Crippen molar-refractivity contribution in [1.29, 1.82) is 0 Å². The first-order chi connectivity index (χ1) is 16.6. The minimum atomic E-state index is 0.00472. The highest BCUT2D eigenvalue weighted by atomic mass is 16.2. The van der Waals surface area contributed by atoms with Crippen LogP contribution in [0.2, 0.25) is 0 Å². The van der Waals surface area contributed by atoms with E-state index >= 15 is 0 Å². The molecule has 0 unspecified atom stereocenters. The average molecular weight is 455 g/mol. The van der Waals surface area contributed by atoms with Crippen LogP contribution in [-0.2, 0) is 22.6 Å². The number of rotatable bonds is 5. The smallest absolute Gasteiger partial charge is 0.246 e. The summed E-state index contributed by atoms with van der Waals surface area (Å²) in [5, 5.41) is 2.79. The molecule has 4 heterocycles. The average Bonchev–Trinajstić information content (AvgIpc) is 3.23. The summed E-state index contributed by atoms with van der Waals surface area (Å²) < 4.78 is 2.42. The van der Waals surface area contributed by atoms with Crippen molar-refractivity contribution in [2.24, 2.45) is 5.92 Å². The monoisotopic (exact) mass is 454 g/mol. The normalized spacial score (nSPS) is 16.5. The molecule has 2 aromatic heterocycles. The van der Waals surface area contributed by atoms with Crippen LogP contribution in [0.3, 0.4) is 0 Å². The van der Waals surface area contributed by atoms with Gasteiger partial charge in [0.05, 0.1) is 0 Å². The van der Waals surface area contributed by atoms with Gasteiger partial charge < -0.3 is 14.8 Å². The van der Waals surface area contributed by atoms with Crippen LogP contribution in [0.4, 0.5) is 5.82 Å². The SMILES string of the molecule is Cc1ccc(-c2ccccc2)n1CC1CCN(C(=O)C=Cc2cnc3c(c2)CCC(=O)N3)CC1. The Bertz CT molecular complexity index is 1220. The second-order valence-corrected chi connectivity index (χ2v) is 9.26. The fourth-order valence-electron chi connectivity index (χ4n) is 4.91. The molecule has 1 fully saturated rings. The Kier molecular flexibility index (Phi) is 6.30. The van der Waals surface area contributed by atoms with Gasteiger partial charge in [0, 0.05) is 49.7 Å². The highest BCUT2D eigenvalue weighted by molar-refractivity contribution is 5.93. The molecular formula is C28H30N4O2. The molecule has 0 spiro atoms. The molecule has 6 heteroatoms. The molecule has 34 heavy (non-hydrogen) atoms. The molecule has 5 rings (SSSR count). The van der Waals surface area contributed by atoms with Crippen LogP contribution >= 0.6 is 0 Å². The van der Waals surface area contributed by atoms with Crippen molar-refractivity contribution in [2.75, 3.05) is 18.4 Å². The molecule has 1 saturated heterocycles. The Morgan fingerprint density at radius 2 is 1.91 bits per heavy atom. The van der Waals surface area contributed by atoms with E-state index in [1.807, 2.05) is 23.1 Å². The highest BCUT2D eigenvalue weighted by Gasteiger charge is 2.23. The molecule has 0 saturated carbocycles. The van der Waals surface area contributed by atoms with Gasteiger partial charge >= 0.3 is 0 Å². The summed E-state index contributed by atoms with van der Waals surface area (Å²) in [7, 11) is 0. The van der Waals surface area contributed by atoms with E-state index in [1.54, 1.807) is 12.3 Å². The Hall–Kier alpha value is -3.67. The van der Waals surface area contributed by atoms with Crippen molar-refractivity contribution in [3.05, 3.63) is 77.6 Å². The zero-order valence-electron chi connectivity index (χ0n) is 19.5. The summed E-state index contributed by atoms with van der Waals surface area (Å²) >= 11 is 0. The van der Waals surface area contributed by atoms with E-state index in [1.165, 1.54) is 17.0 Å². The molecule has 0 atom stereocenters. The maximum absolute atomic E-state index is 12.8. The third-order valence-corrected chi connectivity index (χ3v) is 6.92. The van der Waals surface area contributed by atoms with E-state index in [0.717, 1.165) is 43.6 Å². The summed E-state index contributed by atoms with van der Waals surface area (Å²) in [5.74, 6) is 1.24. The Morgan fingerprint density at radius 1 is 1.12 bits per heavy atom. The van der Waals surface area contributed by atoms with Gasteiger partial charge in [0.25, 0.3) is 0 Å². The molecule has 2 aliphatic rings. The van der Waals surface area contributed by atoms with E-state index in [2.05, 4.69) is 58.2 Å². The van der Waals surface area contributed by atoms with Crippen LogP contribution in [0.1, 0.15) is 36.1 Å². The summed E-state index contributed by atoms with van der Waals surface area (Å²) in [6.45, 7) is 4.71. The number of benzene rings is 1. The van der Waals surface area contributed by atoms with Crippen LogP contribution in [0.15, 0.2) is 60.8 Å². The van der Waals surface area contributed by atoms with Gasteiger partial charge in [-0.05, 0) is 73.1 Å². The van der Waals surface area contributed by atoms with E-state index in [0.29, 0.717) is 24.6 Å².